The van der Waals surface area contributed by atoms with Crippen molar-refractivity contribution in [2.45, 2.75) is 26.8 Å². The van der Waals surface area contributed by atoms with Crippen molar-refractivity contribution in [1.29, 1.82) is 0 Å². The third kappa shape index (κ3) is 5.21. The van der Waals surface area contributed by atoms with Gasteiger partial charge in [0, 0.05) is 37.6 Å². The molecule has 6 heteroatoms. The molecule has 0 saturated heterocycles. The van der Waals surface area contributed by atoms with Crippen molar-refractivity contribution in [3.8, 4) is 0 Å². The van der Waals surface area contributed by atoms with Crippen molar-refractivity contribution in [2.24, 2.45) is 4.99 Å². The van der Waals surface area contributed by atoms with Crippen LogP contribution in [0.3, 0.4) is 0 Å². The normalized spacial score (nSPS) is 14.1. The van der Waals surface area contributed by atoms with Gasteiger partial charge in [-0.1, -0.05) is 0 Å². The molecule has 1 aliphatic rings. The molecule has 0 unspecified atom stereocenters. The molecule has 0 aliphatic carbocycles. The second kappa shape index (κ2) is 9.57. The molecule has 0 fully saturated rings. The zero-order chi connectivity index (χ0) is 13.5. The molecule has 0 saturated carbocycles. The van der Waals surface area contributed by atoms with Crippen molar-refractivity contribution in [1.82, 2.24) is 15.5 Å². The van der Waals surface area contributed by atoms with Gasteiger partial charge in [0.2, 0.25) is 0 Å². The third-order valence-corrected chi connectivity index (χ3v) is 4.28. The summed E-state index contributed by atoms with van der Waals surface area (Å²) in [6.45, 7) is 10.2. The molecule has 1 aliphatic heterocycles. The van der Waals surface area contributed by atoms with Crippen molar-refractivity contribution >= 4 is 41.3 Å². The van der Waals surface area contributed by atoms with E-state index < -0.39 is 0 Å². The Balaban J connectivity index is 0.00000200. The van der Waals surface area contributed by atoms with E-state index in [0.717, 1.165) is 38.7 Å². The molecule has 0 amide bonds. The number of nitrogens with one attached hydrogen (secondary N) is 2. The van der Waals surface area contributed by atoms with Gasteiger partial charge in [-0.05, 0) is 37.3 Å². The summed E-state index contributed by atoms with van der Waals surface area (Å²) in [5.41, 5.74) is 1.51. The lowest BCUT2D eigenvalue weighted by atomic mass is 10.1. The van der Waals surface area contributed by atoms with Crippen LogP contribution in [0.15, 0.2) is 16.4 Å². The Hall–Kier alpha value is -0.340. The zero-order valence-electron chi connectivity index (χ0n) is 12.3. The predicted octanol–water partition coefficient (Wildman–Crippen LogP) is 2.30. The average Bonchev–Trinajstić information content (AvgIpc) is 2.86. The minimum absolute atomic E-state index is 0. The summed E-state index contributed by atoms with van der Waals surface area (Å²) in [6.07, 6.45) is 1.20. The lowest BCUT2D eigenvalue weighted by Gasteiger charge is -2.26. The molecule has 1 aromatic heterocycles. The highest BCUT2D eigenvalue weighted by Gasteiger charge is 2.16. The van der Waals surface area contributed by atoms with Crippen LogP contribution in [0.25, 0.3) is 0 Å². The van der Waals surface area contributed by atoms with Gasteiger partial charge in [-0.25, -0.2) is 0 Å². The van der Waals surface area contributed by atoms with E-state index in [4.69, 9.17) is 0 Å². The van der Waals surface area contributed by atoms with Gasteiger partial charge in [-0.2, -0.15) is 0 Å². The quantitative estimate of drug-likeness (QED) is 0.446. The molecule has 0 bridgehead atoms. The van der Waals surface area contributed by atoms with E-state index in [1.54, 1.807) is 4.88 Å². The largest absolute Gasteiger partial charge is 0.357 e. The number of thiophene rings is 1. The molecule has 0 spiro atoms. The Morgan fingerprint density at radius 2 is 2.10 bits per heavy atom. The summed E-state index contributed by atoms with van der Waals surface area (Å²) >= 11 is 1.90. The maximum Gasteiger partial charge on any atom is 0.191 e. The first-order chi connectivity index (χ1) is 9.33. The first-order valence-corrected chi connectivity index (χ1v) is 8.01. The second-order valence-electron chi connectivity index (χ2n) is 4.69. The van der Waals surface area contributed by atoms with Gasteiger partial charge in [0.25, 0.3) is 0 Å². The van der Waals surface area contributed by atoms with E-state index in [1.165, 1.54) is 18.5 Å². The van der Waals surface area contributed by atoms with Crippen LogP contribution in [0.2, 0.25) is 0 Å². The summed E-state index contributed by atoms with van der Waals surface area (Å²) < 4.78 is 0. The van der Waals surface area contributed by atoms with Crippen LogP contribution in [0.5, 0.6) is 0 Å². The highest BCUT2D eigenvalue weighted by atomic mass is 127. The molecular weight excluding hydrogens is 383 g/mol. The molecule has 0 atom stereocenters. The van der Waals surface area contributed by atoms with E-state index in [0.29, 0.717) is 0 Å². The molecule has 0 radical (unpaired) electrons. The zero-order valence-corrected chi connectivity index (χ0v) is 15.5. The number of aliphatic imine (C=N–C) groups is 1. The maximum atomic E-state index is 4.60. The summed E-state index contributed by atoms with van der Waals surface area (Å²) in [4.78, 5) is 8.66. The molecule has 20 heavy (non-hydrogen) atoms. The number of rotatable bonds is 5. The van der Waals surface area contributed by atoms with Crippen LogP contribution in [0, 0.1) is 0 Å². The summed E-state index contributed by atoms with van der Waals surface area (Å²) in [5, 5.41) is 8.72. The van der Waals surface area contributed by atoms with Crippen LogP contribution in [-0.2, 0) is 13.0 Å². The van der Waals surface area contributed by atoms with Gasteiger partial charge in [0.15, 0.2) is 5.96 Å². The average molecular weight is 408 g/mol. The summed E-state index contributed by atoms with van der Waals surface area (Å²) in [6, 6.07) is 2.26. The van der Waals surface area contributed by atoms with Gasteiger partial charge in [0.1, 0.15) is 0 Å². The number of hydrogen-bond donors (Lipinski definition) is 2. The van der Waals surface area contributed by atoms with E-state index in [1.807, 2.05) is 11.3 Å². The number of nitrogens with zero attached hydrogens (tertiary/aromatic N) is 2. The Morgan fingerprint density at radius 3 is 2.80 bits per heavy atom. The van der Waals surface area contributed by atoms with Crippen molar-refractivity contribution in [3.63, 3.8) is 0 Å². The van der Waals surface area contributed by atoms with Gasteiger partial charge < -0.3 is 10.6 Å². The van der Waals surface area contributed by atoms with Crippen molar-refractivity contribution < 1.29 is 0 Å². The summed E-state index contributed by atoms with van der Waals surface area (Å²) in [5.74, 6) is 0.929. The van der Waals surface area contributed by atoms with Gasteiger partial charge in [-0.3, -0.25) is 9.89 Å². The fraction of sp³-hybridized carbons (Fsp3) is 0.643. The molecule has 2 rings (SSSR count). The molecule has 114 valence electrons. The van der Waals surface area contributed by atoms with E-state index in [-0.39, 0.29) is 24.0 Å². The first-order valence-electron chi connectivity index (χ1n) is 7.13. The third-order valence-electron chi connectivity index (χ3n) is 3.26. The Bertz CT molecular complexity index is 411. The van der Waals surface area contributed by atoms with Gasteiger partial charge >= 0.3 is 0 Å². The fourth-order valence-electron chi connectivity index (χ4n) is 2.31. The van der Waals surface area contributed by atoms with E-state index in [2.05, 4.69) is 45.8 Å². The van der Waals surface area contributed by atoms with Crippen LogP contribution in [0.1, 0.15) is 24.3 Å². The molecule has 2 heterocycles. The van der Waals surface area contributed by atoms with Gasteiger partial charge in [-0.15, -0.1) is 35.3 Å². The van der Waals surface area contributed by atoms with E-state index >= 15 is 0 Å². The SMILES string of the molecule is CCNC(=NCCN1CCc2sccc2C1)NCC.I. The van der Waals surface area contributed by atoms with Crippen LogP contribution < -0.4 is 10.6 Å². The second-order valence-corrected chi connectivity index (χ2v) is 5.69. The Morgan fingerprint density at radius 1 is 1.35 bits per heavy atom. The lowest BCUT2D eigenvalue weighted by Crippen LogP contribution is -2.38. The smallest absolute Gasteiger partial charge is 0.191 e. The standard InChI is InChI=1S/C14H24N4S.HI/c1-3-15-14(16-4-2)17-7-9-18-8-5-13-12(11-18)6-10-19-13;/h6,10H,3-5,7-9,11H2,1-2H3,(H2,15,16,17);1H. The number of halogens is 1. The van der Waals surface area contributed by atoms with E-state index in [9.17, 15) is 0 Å². The highest BCUT2D eigenvalue weighted by Crippen LogP contribution is 2.23. The number of guanidine groups is 1. The highest BCUT2D eigenvalue weighted by molar-refractivity contribution is 14.0. The molecule has 1 aromatic rings. The molecule has 4 nitrogen and oxygen atoms in total. The minimum atomic E-state index is 0. The predicted molar refractivity (Wildman–Crippen MR) is 98.4 cm³/mol. The number of fused-ring (bicyclic) bond motifs is 1. The Kier molecular flexibility index (Phi) is 8.47. The monoisotopic (exact) mass is 408 g/mol. The van der Waals surface area contributed by atoms with Crippen molar-refractivity contribution in [2.75, 3.05) is 32.7 Å². The minimum Gasteiger partial charge on any atom is -0.357 e. The first kappa shape index (κ1) is 17.7. The maximum absolute atomic E-state index is 4.60. The molecule has 2 N–H and O–H groups in total. The topological polar surface area (TPSA) is 39.7 Å². The van der Waals surface area contributed by atoms with Crippen LogP contribution in [0.4, 0.5) is 0 Å². The van der Waals surface area contributed by atoms with Gasteiger partial charge in [0.05, 0.1) is 6.54 Å². The lowest BCUT2D eigenvalue weighted by molar-refractivity contribution is 0.263. The molecule has 0 aromatic carbocycles. The summed E-state index contributed by atoms with van der Waals surface area (Å²) in [7, 11) is 0. The van der Waals surface area contributed by atoms with Crippen LogP contribution in [-0.4, -0.2) is 43.6 Å². The fourth-order valence-corrected chi connectivity index (χ4v) is 3.20. The van der Waals surface area contributed by atoms with Crippen LogP contribution >= 0.6 is 35.3 Å². The Labute approximate surface area is 143 Å². The number of hydrogen-bond acceptors (Lipinski definition) is 3. The molecular formula is C14H25IN4S. The van der Waals surface area contributed by atoms with Crippen molar-refractivity contribution in [3.05, 3.63) is 21.9 Å².